The van der Waals surface area contributed by atoms with Crippen molar-refractivity contribution in [3.8, 4) is 0 Å². The second-order valence-electron chi connectivity index (χ2n) is 6.50. The molecule has 2 aromatic carbocycles. The monoisotopic (exact) mass is 365 g/mol. The van der Waals surface area contributed by atoms with Crippen LogP contribution < -0.4 is 10.9 Å². The van der Waals surface area contributed by atoms with Gasteiger partial charge in [-0.25, -0.2) is 4.68 Å². The van der Waals surface area contributed by atoms with Crippen molar-refractivity contribution >= 4 is 16.7 Å². The number of fused-ring (bicyclic) bond motifs is 1. The summed E-state index contributed by atoms with van der Waals surface area (Å²) in [5.74, 6) is -0.168. The number of aromatic nitrogens is 2. The van der Waals surface area contributed by atoms with Gasteiger partial charge < -0.3 is 10.1 Å². The Morgan fingerprint density at radius 3 is 2.56 bits per heavy atom. The SMILES string of the molecule is COCCn1nc(CNC(=O)c2ccc(C)c(C)c2)c2ccccc2c1=O. The zero-order chi connectivity index (χ0) is 19.4. The van der Waals surface area contributed by atoms with Gasteiger partial charge in [0.1, 0.15) is 0 Å². The number of hydrogen-bond donors (Lipinski definition) is 1. The molecule has 0 aliphatic carbocycles. The van der Waals surface area contributed by atoms with Gasteiger partial charge in [-0.2, -0.15) is 5.10 Å². The number of aryl methyl sites for hydroxylation is 2. The topological polar surface area (TPSA) is 73.2 Å². The van der Waals surface area contributed by atoms with E-state index >= 15 is 0 Å². The van der Waals surface area contributed by atoms with E-state index in [-0.39, 0.29) is 18.0 Å². The van der Waals surface area contributed by atoms with Gasteiger partial charge in [0.05, 0.1) is 30.8 Å². The second-order valence-corrected chi connectivity index (χ2v) is 6.50. The van der Waals surface area contributed by atoms with Gasteiger partial charge in [-0.1, -0.05) is 24.3 Å². The third kappa shape index (κ3) is 4.06. The van der Waals surface area contributed by atoms with Gasteiger partial charge in [0.25, 0.3) is 11.5 Å². The molecule has 27 heavy (non-hydrogen) atoms. The number of methoxy groups -OCH3 is 1. The molecule has 0 saturated carbocycles. The summed E-state index contributed by atoms with van der Waals surface area (Å²) < 4.78 is 6.45. The van der Waals surface area contributed by atoms with Crippen LogP contribution in [-0.2, 0) is 17.8 Å². The minimum Gasteiger partial charge on any atom is -0.383 e. The molecule has 0 atom stereocenters. The maximum absolute atomic E-state index is 12.6. The quantitative estimate of drug-likeness (QED) is 0.729. The molecule has 140 valence electrons. The molecular formula is C21H23N3O3. The first kappa shape index (κ1) is 18.8. The molecule has 1 aromatic heterocycles. The van der Waals surface area contributed by atoms with Crippen LogP contribution in [0.4, 0.5) is 0 Å². The highest BCUT2D eigenvalue weighted by atomic mass is 16.5. The van der Waals surface area contributed by atoms with Crippen LogP contribution in [0.3, 0.4) is 0 Å². The molecule has 0 radical (unpaired) electrons. The van der Waals surface area contributed by atoms with Crippen molar-refractivity contribution < 1.29 is 9.53 Å². The minimum atomic E-state index is -0.168. The van der Waals surface area contributed by atoms with Gasteiger partial charge in [0.15, 0.2) is 0 Å². The van der Waals surface area contributed by atoms with Crippen molar-refractivity contribution in [1.82, 2.24) is 15.1 Å². The Labute approximate surface area is 157 Å². The smallest absolute Gasteiger partial charge is 0.274 e. The molecule has 1 N–H and O–H groups in total. The molecule has 1 heterocycles. The van der Waals surface area contributed by atoms with E-state index in [1.165, 1.54) is 4.68 Å². The summed E-state index contributed by atoms with van der Waals surface area (Å²) in [5, 5.41) is 8.68. The maximum atomic E-state index is 12.6. The lowest BCUT2D eigenvalue weighted by molar-refractivity contribution is 0.0950. The van der Waals surface area contributed by atoms with E-state index < -0.39 is 0 Å². The molecule has 0 bridgehead atoms. The Kier molecular flexibility index (Phi) is 5.66. The van der Waals surface area contributed by atoms with Crippen molar-refractivity contribution in [1.29, 1.82) is 0 Å². The second kappa shape index (κ2) is 8.14. The number of ether oxygens (including phenoxy) is 1. The van der Waals surface area contributed by atoms with Crippen molar-refractivity contribution in [2.75, 3.05) is 13.7 Å². The van der Waals surface area contributed by atoms with Gasteiger partial charge >= 0.3 is 0 Å². The molecular weight excluding hydrogens is 342 g/mol. The van der Waals surface area contributed by atoms with E-state index in [9.17, 15) is 9.59 Å². The number of benzene rings is 2. The fourth-order valence-corrected chi connectivity index (χ4v) is 2.91. The van der Waals surface area contributed by atoms with E-state index in [0.29, 0.717) is 29.8 Å². The van der Waals surface area contributed by atoms with Crippen molar-refractivity contribution in [3.05, 3.63) is 75.2 Å². The summed E-state index contributed by atoms with van der Waals surface area (Å²) in [6.45, 7) is 4.97. The van der Waals surface area contributed by atoms with Crippen LogP contribution in [0.2, 0.25) is 0 Å². The summed E-state index contributed by atoms with van der Waals surface area (Å²) in [5.41, 5.74) is 3.31. The lowest BCUT2D eigenvalue weighted by Gasteiger charge is -2.12. The summed E-state index contributed by atoms with van der Waals surface area (Å²) in [7, 11) is 1.58. The Morgan fingerprint density at radius 1 is 1.11 bits per heavy atom. The molecule has 0 aliphatic heterocycles. The molecule has 1 amide bonds. The molecule has 0 saturated heterocycles. The van der Waals surface area contributed by atoms with Gasteiger partial charge in [0.2, 0.25) is 0 Å². The van der Waals surface area contributed by atoms with Crippen LogP contribution in [0.25, 0.3) is 10.8 Å². The maximum Gasteiger partial charge on any atom is 0.274 e. The zero-order valence-corrected chi connectivity index (χ0v) is 15.8. The van der Waals surface area contributed by atoms with Crippen LogP contribution in [0, 0.1) is 13.8 Å². The summed E-state index contributed by atoms with van der Waals surface area (Å²) >= 11 is 0. The number of carbonyl (C=O) groups is 1. The fraction of sp³-hybridized carbons (Fsp3) is 0.286. The largest absolute Gasteiger partial charge is 0.383 e. The van der Waals surface area contributed by atoms with Crippen molar-refractivity contribution in [2.24, 2.45) is 0 Å². The average molecular weight is 365 g/mol. The van der Waals surface area contributed by atoms with Crippen LogP contribution in [0.1, 0.15) is 27.2 Å². The first-order valence-electron chi connectivity index (χ1n) is 8.84. The Bertz CT molecular complexity index is 1040. The lowest BCUT2D eigenvalue weighted by atomic mass is 10.1. The van der Waals surface area contributed by atoms with Gasteiger partial charge in [-0.05, 0) is 43.2 Å². The van der Waals surface area contributed by atoms with Crippen LogP contribution in [-0.4, -0.2) is 29.4 Å². The third-order valence-electron chi connectivity index (χ3n) is 4.64. The highest BCUT2D eigenvalue weighted by Gasteiger charge is 2.12. The van der Waals surface area contributed by atoms with E-state index in [1.54, 1.807) is 13.2 Å². The summed E-state index contributed by atoms with van der Waals surface area (Å²) in [4.78, 5) is 25.1. The predicted octanol–water partition coefficient (Wildman–Crippen LogP) is 2.59. The van der Waals surface area contributed by atoms with Crippen LogP contribution in [0.5, 0.6) is 0 Å². The Hall–Kier alpha value is -2.99. The first-order chi connectivity index (χ1) is 13.0. The van der Waals surface area contributed by atoms with Crippen molar-refractivity contribution in [3.63, 3.8) is 0 Å². The molecule has 0 unspecified atom stereocenters. The first-order valence-corrected chi connectivity index (χ1v) is 8.84. The van der Waals surface area contributed by atoms with Crippen molar-refractivity contribution in [2.45, 2.75) is 26.9 Å². The minimum absolute atomic E-state index is 0.160. The van der Waals surface area contributed by atoms with E-state index in [4.69, 9.17) is 4.74 Å². The molecule has 6 nitrogen and oxygen atoms in total. The summed E-state index contributed by atoms with van der Waals surface area (Å²) in [6, 6.07) is 12.9. The number of amides is 1. The zero-order valence-electron chi connectivity index (χ0n) is 15.8. The van der Waals surface area contributed by atoms with Gasteiger partial charge in [-0.3, -0.25) is 9.59 Å². The lowest BCUT2D eigenvalue weighted by Crippen LogP contribution is -2.29. The highest BCUT2D eigenvalue weighted by molar-refractivity contribution is 5.94. The molecule has 6 heteroatoms. The standard InChI is InChI=1S/C21H23N3O3/c1-14-8-9-16(12-15(14)2)20(25)22-13-19-17-6-4-5-7-18(17)21(26)24(23-19)10-11-27-3/h4-9,12H,10-11,13H2,1-3H3,(H,22,25). The van der Waals surface area contributed by atoms with Gasteiger partial charge in [-0.15, -0.1) is 0 Å². The van der Waals surface area contributed by atoms with Crippen LogP contribution in [0.15, 0.2) is 47.3 Å². The number of carbonyl (C=O) groups excluding carboxylic acids is 1. The number of nitrogens with one attached hydrogen (secondary N) is 1. The van der Waals surface area contributed by atoms with Gasteiger partial charge in [0, 0.05) is 18.1 Å². The number of nitrogens with zero attached hydrogens (tertiary/aromatic N) is 2. The molecule has 3 aromatic rings. The fourth-order valence-electron chi connectivity index (χ4n) is 2.91. The predicted molar refractivity (Wildman–Crippen MR) is 105 cm³/mol. The van der Waals surface area contributed by atoms with E-state index in [0.717, 1.165) is 16.5 Å². The highest BCUT2D eigenvalue weighted by Crippen LogP contribution is 2.14. The third-order valence-corrected chi connectivity index (χ3v) is 4.64. The molecule has 3 rings (SSSR count). The number of hydrogen-bond acceptors (Lipinski definition) is 4. The number of rotatable bonds is 6. The average Bonchev–Trinajstić information content (AvgIpc) is 2.68. The Morgan fingerprint density at radius 2 is 1.85 bits per heavy atom. The summed E-state index contributed by atoms with van der Waals surface area (Å²) in [6.07, 6.45) is 0. The molecule has 0 spiro atoms. The Balaban J connectivity index is 1.89. The van der Waals surface area contributed by atoms with E-state index in [2.05, 4.69) is 10.4 Å². The molecule has 0 aliphatic rings. The normalized spacial score (nSPS) is 10.9. The van der Waals surface area contributed by atoms with E-state index in [1.807, 2.05) is 50.2 Å². The van der Waals surface area contributed by atoms with Crippen LogP contribution >= 0.6 is 0 Å². The molecule has 0 fully saturated rings.